The molecule has 0 aliphatic heterocycles. The highest BCUT2D eigenvalue weighted by Crippen LogP contribution is 1.96. The van der Waals surface area contributed by atoms with Crippen LogP contribution in [0.4, 0.5) is 0 Å². The molecule has 0 rings (SSSR count). The maximum atomic E-state index is 11.1. The van der Waals surface area contributed by atoms with Gasteiger partial charge in [0.15, 0.2) is 0 Å². The molecule has 1 atom stereocenters. The van der Waals surface area contributed by atoms with Gasteiger partial charge < -0.3 is 15.2 Å². The third kappa shape index (κ3) is 5.53. The molecule has 1 unspecified atom stereocenters. The first-order chi connectivity index (χ1) is 6.61. The van der Waals surface area contributed by atoms with E-state index in [9.17, 15) is 9.59 Å². The molecule has 0 aromatic carbocycles. The van der Waals surface area contributed by atoms with E-state index >= 15 is 0 Å². The van der Waals surface area contributed by atoms with Crippen LogP contribution in [0.1, 0.15) is 26.2 Å². The lowest BCUT2D eigenvalue weighted by Gasteiger charge is -2.09. The van der Waals surface area contributed by atoms with E-state index in [0.29, 0.717) is 6.61 Å². The van der Waals surface area contributed by atoms with Crippen molar-refractivity contribution in [3.05, 3.63) is 0 Å². The summed E-state index contributed by atoms with van der Waals surface area (Å²) in [6.45, 7) is 2.34. The van der Waals surface area contributed by atoms with Crippen LogP contribution in [0, 0.1) is 0 Å². The highest BCUT2D eigenvalue weighted by atomic mass is 16.5. The molecular weight excluding hydrogens is 186 g/mol. The van der Waals surface area contributed by atoms with Gasteiger partial charge in [-0.2, -0.15) is 0 Å². The molecular formula is C9H17NO4. The molecule has 0 aliphatic carbocycles. The van der Waals surface area contributed by atoms with Crippen LogP contribution in [0.15, 0.2) is 0 Å². The zero-order chi connectivity index (χ0) is 11.0. The largest absolute Gasteiger partial charge is 0.469 e. The maximum Gasteiger partial charge on any atom is 0.323 e. The summed E-state index contributed by atoms with van der Waals surface area (Å²) in [6.07, 6.45) is 1.61. The lowest BCUT2D eigenvalue weighted by atomic mass is 10.2. The van der Waals surface area contributed by atoms with Crippen molar-refractivity contribution in [3.8, 4) is 0 Å². The molecule has 0 amide bonds. The van der Waals surface area contributed by atoms with Crippen molar-refractivity contribution in [1.29, 1.82) is 0 Å². The Hall–Kier alpha value is -1.10. The molecule has 0 aromatic rings. The van der Waals surface area contributed by atoms with Gasteiger partial charge in [-0.15, -0.1) is 0 Å². The number of ether oxygens (including phenoxy) is 2. The minimum absolute atomic E-state index is 0.137. The fraction of sp³-hybridized carbons (Fsp3) is 0.778. The highest BCUT2D eigenvalue weighted by molar-refractivity contribution is 5.82. The Morgan fingerprint density at radius 2 is 2.07 bits per heavy atom. The van der Waals surface area contributed by atoms with Crippen molar-refractivity contribution < 1.29 is 19.1 Å². The Kier molecular flexibility index (Phi) is 6.74. The van der Waals surface area contributed by atoms with Crippen molar-refractivity contribution in [2.24, 2.45) is 5.73 Å². The van der Waals surface area contributed by atoms with Gasteiger partial charge in [-0.3, -0.25) is 9.59 Å². The van der Waals surface area contributed by atoms with Crippen molar-refractivity contribution >= 4 is 11.9 Å². The van der Waals surface area contributed by atoms with Gasteiger partial charge in [0, 0.05) is 0 Å². The first-order valence-electron chi connectivity index (χ1n) is 4.60. The summed E-state index contributed by atoms with van der Waals surface area (Å²) >= 11 is 0. The zero-order valence-corrected chi connectivity index (χ0v) is 8.62. The summed E-state index contributed by atoms with van der Waals surface area (Å²) in [4.78, 5) is 21.9. The number of esters is 2. The average Bonchev–Trinajstić information content (AvgIpc) is 2.17. The van der Waals surface area contributed by atoms with Gasteiger partial charge in [-0.05, 0) is 6.42 Å². The van der Waals surface area contributed by atoms with E-state index in [0.717, 1.165) is 12.8 Å². The van der Waals surface area contributed by atoms with Crippen LogP contribution in [0.2, 0.25) is 0 Å². The van der Waals surface area contributed by atoms with Crippen LogP contribution in [0.3, 0.4) is 0 Å². The average molecular weight is 203 g/mol. The van der Waals surface area contributed by atoms with Gasteiger partial charge in [0.05, 0.1) is 20.1 Å². The number of rotatable bonds is 6. The summed E-state index contributed by atoms with van der Waals surface area (Å²) in [5.74, 6) is -1.06. The molecule has 2 N–H and O–H groups in total. The fourth-order valence-corrected chi connectivity index (χ4v) is 0.770. The number of carbonyl (C=O) groups is 2. The SMILES string of the molecule is CCCCOC(=O)C(N)CC(=O)OC. The lowest BCUT2D eigenvalue weighted by Crippen LogP contribution is -2.35. The van der Waals surface area contributed by atoms with E-state index in [1.54, 1.807) is 0 Å². The number of carbonyl (C=O) groups excluding carboxylic acids is 2. The smallest absolute Gasteiger partial charge is 0.323 e. The van der Waals surface area contributed by atoms with Gasteiger partial charge in [-0.1, -0.05) is 13.3 Å². The summed E-state index contributed by atoms with van der Waals surface area (Å²) in [5.41, 5.74) is 5.40. The number of hydrogen-bond acceptors (Lipinski definition) is 5. The Bertz CT molecular complexity index is 193. The Morgan fingerprint density at radius 3 is 2.57 bits per heavy atom. The molecule has 0 saturated carbocycles. The van der Waals surface area contributed by atoms with E-state index in [-0.39, 0.29) is 6.42 Å². The van der Waals surface area contributed by atoms with Gasteiger partial charge >= 0.3 is 11.9 Å². The maximum absolute atomic E-state index is 11.1. The van der Waals surface area contributed by atoms with Crippen LogP contribution >= 0.6 is 0 Å². The molecule has 0 fully saturated rings. The minimum atomic E-state index is -0.917. The van der Waals surface area contributed by atoms with Crippen molar-refractivity contribution in [2.45, 2.75) is 32.2 Å². The third-order valence-electron chi connectivity index (χ3n) is 1.66. The molecule has 0 spiro atoms. The molecule has 0 aromatic heterocycles. The first-order valence-corrected chi connectivity index (χ1v) is 4.60. The van der Waals surface area contributed by atoms with E-state index < -0.39 is 18.0 Å². The molecule has 82 valence electrons. The van der Waals surface area contributed by atoms with Crippen molar-refractivity contribution in [3.63, 3.8) is 0 Å². The molecule has 0 heterocycles. The van der Waals surface area contributed by atoms with E-state index in [2.05, 4.69) is 4.74 Å². The number of methoxy groups -OCH3 is 1. The molecule has 5 heteroatoms. The first kappa shape index (κ1) is 12.9. The molecule has 0 saturated heterocycles. The predicted octanol–water partition coefficient (Wildman–Crippen LogP) is 0.220. The molecule has 0 radical (unpaired) electrons. The van der Waals surface area contributed by atoms with Gasteiger partial charge in [0.1, 0.15) is 6.04 Å². The topological polar surface area (TPSA) is 78.6 Å². The Balaban J connectivity index is 3.70. The van der Waals surface area contributed by atoms with Gasteiger partial charge in [0.2, 0.25) is 0 Å². The number of nitrogens with two attached hydrogens (primary N) is 1. The summed E-state index contributed by atoms with van der Waals surface area (Å²) in [5, 5.41) is 0. The van der Waals surface area contributed by atoms with Crippen LogP contribution in [-0.2, 0) is 19.1 Å². The second kappa shape index (κ2) is 7.32. The molecule has 14 heavy (non-hydrogen) atoms. The second-order valence-corrected chi connectivity index (χ2v) is 2.91. The molecule has 0 bridgehead atoms. The monoisotopic (exact) mass is 203 g/mol. The Morgan fingerprint density at radius 1 is 1.43 bits per heavy atom. The van der Waals surface area contributed by atoms with E-state index in [1.165, 1.54) is 7.11 Å². The van der Waals surface area contributed by atoms with Crippen molar-refractivity contribution in [1.82, 2.24) is 0 Å². The second-order valence-electron chi connectivity index (χ2n) is 2.91. The van der Waals surface area contributed by atoms with Gasteiger partial charge in [-0.25, -0.2) is 0 Å². The van der Waals surface area contributed by atoms with Crippen molar-refractivity contribution in [2.75, 3.05) is 13.7 Å². The van der Waals surface area contributed by atoms with Crippen LogP contribution in [0.25, 0.3) is 0 Å². The number of unbranched alkanes of at least 4 members (excludes halogenated alkanes) is 1. The summed E-state index contributed by atoms with van der Waals surface area (Å²) in [6, 6.07) is -0.917. The summed E-state index contributed by atoms with van der Waals surface area (Å²) < 4.78 is 9.19. The highest BCUT2D eigenvalue weighted by Gasteiger charge is 2.18. The van der Waals surface area contributed by atoms with E-state index in [1.807, 2.05) is 6.92 Å². The minimum Gasteiger partial charge on any atom is -0.469 e. The normalized spacial score (nSPS) is 11.9. The zero-order valence-electron chi connectivity index (χ0n) is 8.62. The van der Waals surface area contributed by atoms with Crippen LogP contribution in [-0.4, -0.2) is 31.7 Å². The standard InChI is InChI=1S/C9H17NO4/c1-3-4-5-14-9(12)7(10)6-8(11)13-2/h7H,3-6,10H2,1-2H3. The Labute approximate surface area is 83.5 Å². The molecule has 0 aliphatic rings. The predicted molar refractivity (Wildman–Crippen MR) is 50.5 cm³/mol. The van der Waals surface area contributed by atoms with E-state index in [4.69, 9.17) is 10.5 Å². The van der Waals surface area contributed by atoms with Gasteiger partial charge in [0.25, 0.3) is 0 Å². The fourth-order valence-electron chi connectivity index (χ4n) is 0.770. The lowest BCUT2D eigenvalue weighted by molar-refractivity contribution is -0.150. The summed E-state index contributed by atoms with van der Waals surface area (Å²) in [7, 11) is 1.25. The third-order valence-corrected chi connectivity index (χ3v) is 1.66. The number of hydrogen-bond donors (Lipinski definition) is 1. The quantitative estimate of drug-likeness (QED) is 0.493. The van der Waals surface area contributed by atoms with Crippen LogP contribution in [0.5, 0.6) is 0 Å². The molecule has 5 nitrogen and oxygen atoms in total. The van der Waals surface area contributed by atoms with Crippen LogP contribution < -0.4 is 5.73 Å².